The first kappa shape index (κ1) is 16.4. The maximum Gasteiger partial charge on any atom is 0.305 e. The normalized spacial score (nSPS) is 11.5. The molecule has 0 aliphatic heterocycles. The molecule has 0 bridgehead atoms. The summed E-state index contributed by atoms with van der Waals surface area (Å²) >= 11 is 0. The number of hydrogen-bond donors (Lipinski definition) is 4. The van der Waals surface area contributed by atoms with Crippen LogP contribution in [0.4, 0.5) is 5.69 Å². The molecule has 8 heteroatoms. The standard InChI is InChI=1S/C13H17N3O5/c14-8(7-12(18)19)13(20)16-9-3-1-2-4-10(9)21-6-5-11(15)17/h1-4,8H,5-7,14H2,(H2,15,17)(H,16,20)(H,18,19). The van der Waals surface area contributed by atoms with E-state index in [4.69, 9.17) is 21.3 Å². The maximum absolute atomic E-state index is 11.8. The van der Waals surface area contributed by atoms with Crippen LogP contribution in [0.5, 0.6) is 5.75 Å². The fourth-order valence-corrected chi connectivity index (χ4v) is 1.46. The smallest absolute Gasteiger partial charge is 0.305 e. The van der Waals surface area contributed by atoms with Crippen molar-refractivity contribution >= 4 is 23.5 Å². The van der Waals surface area contributed by atoms with E-state index < -0.39 is 30.2 Å². The summed E-state index contributed by atoms with van der Waals surface area (Å²) in [6.45, 7) is 0.0728. The van der Waals surface area contributed by atoms with Crippen molar-refractivity contribution in [3.05, 3.63) is 24.3 Å². The van der Waals surface area contributed by atoms with Crippen molar-refractivity contribution in [3.63, 3.8) is 0 Å². The molecule has 0 aromatic heterocycles. The summed E-state index contributed by atoms with van der Waals surface area (Å²) in [5.74, 6) is -1.96. The monoisotopic (exact) mass is 295 g/mol. The first-order valence-electron chi connectivity index (χ1n) is 6.18. The fraction of sp³-hybridized carbons (Fsp3) is 0.308. The molecule has 1 atom stereocenters. The molecule has 0 radical (unpaired) electrons. The van der Waals surface area contributed by atoms with Crippen molar-refractivity contribution < 1.29 is 24.2 Å². The molecule has 21 heavy (non-hydrogen) atoms. The molecule has 1 aromatic rings. The average Bonchev–Trinajstić information content (AvgIpc) is 2.39. The first-order valence-corrected chi connectivity index (χ1v) is 6.18. The number of aliphatic carboxylic acids is 1. The van der Waals surface area contributed by atoms with E-state index in [9.17, 15) is 14.4 Å². The second-order valence-electron chi connectivity index (χ2n) is 4.25. The molecular formula is C13H17N3O5. The Bertz CT molecular complexity index is 532. The highest BCUT2D eigenvalue weighted by Crippen LogP contribution is 2.24. The van der Waals surface area contributed by atoms with E-state index in [2.05, 4.69) is 5.32 Å². The van der Waals surface area contributed by atoms with E-state index in [0.717, 1.165) is 0 Å². The highest BCUT2D eigenvalue weighted by atomic mass is 16.5. The van der Waals surface area contributed by atoms with E-state index in [-0.39, 0.29) is 13.0 Å². The molecule has 0 spiro atoms. The number of para-hydroxylation sites is 2. The number of ether oxygens (including phenoxy) is 1. The van der Waals surface area contributed by atoms with Gasteiger partial charge in [-0.1, -0.05) is 12.1 Å². The van der Waals surface area contributed by atoms with Gasteiger partial charge in [0.15, 0.2) is 0 Å². The molecule has 2 amide bonds. The van der Waals surface area contributed by atoms with Gasteiger partial charge in [0, 0.05) is 0 Å². The maximum atomic E-state index is 11.8. The molecule has 114 valence electrons. The Kier molecular flexibility index (Phi) is 6.15. The summed E-state index contributed by atoms with van der Waals surface area (Å²) in [6, 6.07) is 5.36. The van der Waals surface area contributed by atoms with Crippen molar-refractivity contribution in [2.45, 2.75) is 18.9 Å². The highest BCUT2D eigenvalue weighted by molar-refractivity contribution is 5.97. The Balaban J connectivity index is 2.67. The molecular weight excluding hydrogens is 278 g/mol. The summed E-state index contributed by atoms with van der Waals surface area (Å²) in [5, 5.41) is 11.1. The van der Waals surface area contributed by atoms with Crippen LogP contribution in [0.25, 0.3) is 0 Å². The van der Waals surface area contributed by atoms with E-state index in [1.54, 1.807) is 24.3 Å². The largest absolute Gasteiger partial charge is 0.491 e. The number of carbonyl (C=O) groups is 3. The van der Waals surface area contributed by atoms with E-state index in [0.29, 0.717) is 11.4 Å². The van der Waals surface area contributed by atoms with Crippen molar-refractivity contribution in [2.75, 3.05) is 11.9 Å². The molecule has 6 N–H and O–H groups in total. The molecule has 0 saturated heterocycles. The molecule has 1 rings (SSSR count). The molecule has 0 saturated carbocycles. The summed E-state index contributed by atoms with van der Waals surface area (Å²) < 4.78 is 5.34. The predicted molar refractivity (Wildman–Crippen MR) is 74.6 cm³/mol. The second-order valence-corrected chi connectivity index (χ2v) is 4.25. The number of carboxylic acid groups (broad SMARTS) is 1. The van der Waals surface area contributed by atoms with Gasteiger partial charge in [0.25, 0.3) is 0 Å². The number of benzene rings is 1. The summed E-state index contributed by atoms with van der Waals surface area (Å²) in [6.07, 6.45) is -0.433. The lowest BCUT2D eigenvalue weighted by Crippen LogP contribution is -2.37. The molecule has 0 aliphatic rings. The fourth-order valence-electron chi connectivity index (χ4n) is 1.46. The van der Waals surface area contributed by atoms with Gasteiger partial charge >= 0.3 is 5.97 Å². The number of carbonyl (C=O) groups excluding carboxylic acids is 2. The van der Waals surface area contributed by atoms with Gasteiger partial charge in [-0.3, -0.25) is 14.4 Å². The molecule has 0 heterocycles. The minimum absolute atomic E-state index is 0.0425. The van der Waals surface area contributed by atoms with Gasteiger partial charge < -0.3 is 26.6 Å². The van der Waals surface area contributed by atoms with Crippen LogP contribution in [0.3, 0.4) is 0 Å². The minimum atomic E-state index is -1.17. The molecule has 1 unspecified atom stereocenters. The quantitative estimate of drug-likeness (QED) is 0.517. The zero-order valence-corrected chi connectivity index (χ0v) is 11.2. The van der Waals surface area contributed by atoms with Crippen LogP contribution < -0.4 is 21.5 Å². The summed E-state index contributed by atoms with van der Waals surface area (Å²) in [7, 11) is 0. The number of nitrogens with one attached hydrogen (secondary N) is 1. The van der Waals surface area contributed by atoms with Crippen molar-refractivity contribution in [1.29, 1.82) is 0 Å². The third-order valence-corrected chi connectivity index (χ3v) is 2.48. The van der Waals surface area contributed by atoms with Gasteiger partial charge in [0.2, 0.25) is 11.8 Å². The topological polar surface area (TPSA) is 145 Å². The number of nitrogens with two attached hydrogens (primary N) is 2. The third kappa shape index (κ3) is 5.91. The van der Waals surface area contributed by atoms with Crippen LogP contribution >= 0.6 is 0 Å². The van der Waals surface area contributed by atoms with Crippen LogP contribution in [0.2, 0.25) is 0 Å². The number of primary amides is 1. The van der Waals surface area contributed by atoms with Crippen LogP contribution in [0.15, 0.2) is 24.3 Å². The lowest BCUT2D eigenvalue weighted by atomic mass is 10.2. The lowest BCUT2D eigenvalue weighted by molar-refractivity contribution is -0.138. The van der Waals surface area contributed by atoms with Crippen molar-refractivity contribution in [1.82, 2.24) is 0 Å². The van der Waals surface area contributed by atoms with E-state index in [1.807, 2.05) is 0 Å². The Morgan fingerprint density at radius 2 is 1.95 bits per heavy atom. The minimum Gasteiger partial charge on any atom is -0.491 e. The SMILES string of the molecule is NC(=O)CCOc1ccccc1NC(=O)C(N)CC(=O)O. The van der Waals surface area contributed by atoms with E-state index in [1.165, 1.54) is 0 Å². The number of anilines is 1. The van der Waals surface area contributed by atoms with Crippen molar-refractivity contribution in [3.8, 4) is 5.75 Å². The third-order valence-electron chi connectivity index (χ3n) is 2.48. The average molecular weight is 295 g/mol. The number of carboxylic acids is 1. The van der Waals surface area contributed by atoms with Gasteiger partial charge in [-0.25, -0.2) is 0 Å². The summed E-state index contributed by atoms with van der Waals surface area (Å²) in [4.78, 5) is 32.9. The molecule has 0 fully saturated rings. The Hall–Kier alpha value is -2.61. The van der Waals surface area contributed by atoms with Gasteiger partial charge in [-0.15, -0.1) is 0 Å². The highest BCUT2D eigenvalue weighted by Gasteiger charge is 2.18. The molecule has 8 nitrogen and oxygen atoms in total. The van der Waals surface area contributed by atoms with Gasteiger partial charge in [0.1, 0.15) is 5.75 Å². The van der Waals surface area contributed by atoms with Gasteiger partial charge in [0.05, 0.1) is 31.2 Å². The molecule has 1 aromatic carbocycles. The van der Waals surface area contributed by atoms with Crippen molar-refractivity contribution in [2.24, 2.45) is 11.5 Å². The molecule has 0 aliphatic carbocycles. The van der Waals surface area contributed by atoms with E-state index >= 15 is 0 Å². The Labute approximate surface area is 121 Å². The Morgan fingerprint density at radius 3 is 2.57 bits per heavy atom. The number of amides is 2. The van der Waals surface area contributed by atoms with Crippen LogP contribution in [-0.2, 0) is 14.4 Å². The number of hydrogen-bond acceptors (Lipinski definition) is 5. The predicted octanol–water partition coefficient (Wildman–Crippen LogP) is -0.319. The second kappa shape index (κ2) is 7.85. The van der Waals surface area contributed by atoms with Crippen LogP contribution in [0.1, 0.15) is 12.8 Å². The van der Waals surface area contributed by atoms with Gasteiger partial charge in [-0.05, 0) is 12.1 Å². The zero-order chi connectivity index (χ0) is 15.8. The first-order chi connectivity index (χ1) is 9.90. The van der Waals surface area contributed by atoms with Gasteiger partial charge in [-0.2, -0.15) is 0 Å². The lowest BCUT2D eigenvalue weighted by Gasteiger charge is -2.14. The van der Waals surface area contributed by atoms with Crippen LogP contribution in [-0.4, -0.2) is 35.5 Å². The zero-order valence-electron chi connectivity index (χ0n) is 11.2. The number of rotatable bonds is 8. The Morgan fingerprint density at radius 1 is 1.29 bits per heavy atom. The summed E-state index contributed by atoms with van der Waals surface area (Å²) in [5.41, 5.74) is 10.8. The van der Waals surface area contributed by atoms with Crippen LogP contribution in [0, 0.1) is 0 Å².